The smallest absolute Gasteiger partial charge is 0.319 e. The number of piperazine rings is 1. The average Bonchev–Trinajstić information content (AvgIpc) is 3.44. The van der Waals surface area contributed by atoms with Gasteiger partial charge >= 0.3 is 6.01 Å². The highest BCUT2D eigenvalue weighted by molar-refractivity contribution is 6.03. The maximum absolute atomic E-state index is 17.1. The molecule has 1 N–H and O–H groups in total. The van der Waals surface area contributed by atoms with E-state index in [1.54, 1.807) is 18.2 Å². The molecule has 46 heavy (non-hydrogen) atoms. The second-order valence-electron chi connectivity index (χ2n) is 14.2. The summed E-state index contributed by atoms with van der Waals surface area (Å²) in [7, 11) is 0. The Morgan fingerprint density at radius 1 is 1.13 bits per heavy atom. The molecule has 1 aliphatic carbocycles. The van der Waals surface area contributed by atoms with Crippen LogP contribution in [0.15, 0.2) is 30.3 Å². The van der Waals surface area contributed by atoms with Crippen molar-refractivity contribution in [2.24, 2.45) is 11.8 Å². The van der Waals surface area contributed by atoms with Gasteiger partial charge in [-0.3, -0.25) is 4.90 Å². The van der Waals surface area contributed by atoms with E-state index in [-0.39, 0.29) is 52.4 Å². The van der Waals surface area contributed by atoms with E-state index in [0.29, 0.717) is 46.1 Å². The van der Waals surface area contributed by atoms with Crippen LogP contribution in [0.2, 0.25) is 0 Å². The Kier molecular flexibility index (Phi) is 5.59. The van der Waals surface area contributed by atoms with Crippen molar-refractivity contribution in [2.75, 3.05) is 31.1 Å². The number of rotatable bonds is 4. The van der Waals surface area contributed by atoms with Crippen molar-refractivity contribution in [3.05, 3.63) is 47.5 Å². The normalized spacial score (nSPS) is 32.1. The summed E-state index contributed by atoms with van der Waals surface area (Å²) in [6.45, 7) is 5.48. The minimum Gasteiger partial charge on any atom is -0.472 e. The molecule has 4 aromatic rings. The number of anilines is 1. The van der Waals surface area contributed by atoms with E-state index in [0.717, 1.165) is 51.2 Å². The van der Waals surface area contributed by atoms with E-state index in [2.05, 4.69) is 21.0 Å². The number of ether oxygens (including phenoxy) is 2. The number of piperidine rings is 1. The highest BCUT2D eigenvalue weighted by Crippen LogP contribution is 2.59. The zero-order valence-corrected chi connectivity index (χ0v) is 25.6. The number of benzene rings is 2. The van der Waals surface area contributed by atoms with Gasteiger partial charge in [0, 0.05) is 36.1 Å². The van der Waals surface area contributed by atoms with Crippen LogP contribution in [0, 0.1) is 35.8 Å². The van der Waals surface area contributed by atoms with Crippen LogP contribution < -0.4 is 19.7 Å². The summed E-state index contributed by atoms with van der Waals surface area (Å²) in [6.07, 6.45) is 11.1. The van der Waals surface area contributed by atoms with Crippen molar-refractivity contribution in [2.45, 2.75) is 68.8 Å². The van der Waals surface area contributed by atoms with E-state index in [9.17, 15) is 4.39 Å². The van der Waals surface area contributed by atoms with Crippen LogP contribution >= 0.6 is 0 Å². The van der Waals surface area contributed by atoms with Crippen molar-refractivity contribution >= 4 is 27.5 Å². The molecule has 234 valence electrons. The molecule has 4 saturated heterocycles. The molecule has 2 aromatic carbocycles. The lowest BCUT2D eigenvalue weighted by Gasteiger charge is -2.42. The fourth-order valence-electron chi connectivity index (χ4n) is 9.73. The van der Waals surface area contributed by atoms with Crippen molar-refractivity contribution < 1.29 is 18.3 Å². The Bertz CT molecular complexity index is 2010. The van der Waals surface area contributed by atoms with Gasteiger partial charge in [0.2, 0.25) is 5.88 Å². The molecular formula is C36H34F2N6O2. The first-order valence-corrected chi connectivity index (χ1v) is 16.6. The molecule has 10 heteroatoms. The zero-order chi connectivity index (χ0) is 30.9. The fourth-order valence-corrected chi connectivity index (χ4v) is 9.73. The molecule has 1 saturated carbocycles. The first kappa shape index (κ1) is 27.1. The van der Waals surface area contributed by atoms with Gasteiger partial charge in [0.15, 0.2) is 5.82 Å². The molecule has 10 rings (SSSR count). The van der Waals surface area contributed by atoms with Gasteiger partial charge in [0.05, 0.1) is 17.1 Å². The second kappa shape index (κ2) is 9.49. The third kappa shape index (κ3) is 3.64. The van der Waals surface area contributed by atoms with Gasteiger partial charge in [0.25, 0.3) is 0 Å². The van der Waals surface area contributed by atoms with Crippen LogP contribution in [0.5, 0.6) is 11.9 Å². The predicted octanol–water partition coefficient (Wildman–Crippen LogP) is 5.06. The number of hydrogen-bond acceptors (Lipinski definition) is 8. The number of aromatic nitrogens is 3. The van der Waals surface area contributed by atoms with Crippen molar-refractivity contribution in [3.8, 4) is 35.5 Å². The summed E-state index contributed by atoms with van der Waals surface area (Å²) >= 11 is 0. The molecule has 0 spiro atoms. The molecule has 5 fully saturated rings. The molecular weight excluding hydrogens is 586 g/mol. The van der Waals surface area contributed by atoms with Crippen molar-refractivity contribution in [1.29, 1.82) is 0 Å². The van der Waals surface area contributed by atoms with E-state index >= 15 is 4.39 Å². The Morgan fingerprint density at radius 2 is 2.04 bits per heavy atom. The lowest BCUT2D eigenvalue weighted by Crippen LogP contribution is -2.62. The highest BCUT2D eigenvalue weighted by Gasteiger charge is 2.64. The topological polar surface area (TPSA) is 75.6 Å². The molecule has 0 unspecified atom stereocenters. The number of nitrogens with one attached hydrogen (secondary N) is 1. The zero-order valence-electron chi connectivity index (χ0n) is 25.6. The summed E-state index contributed by atoms with van der Waals surface area (Å²) in [6, 6.07) is 8.98. The van der Waals surface area contributed by atoms with Gasteiger partial charge in [-0.05, 0) is 68.9 Å². The van der Waals surface area contributed by atoms with Crippen LogP contribution in [-0.4, -0.2) is 75.9 Å². The van der Waals surface area contributed by atoms with Crippen molar-refractivity contribution in [3.63, 3.8) is 0 Å². The highest BCUT2D eigenvalue weighted by atomic mass is 19.1. The third-order valence-corrected chi connectivity index (χ3v) is 11.8. The molecule has 5 aliphatic heterocycles. The summed E-state index contributed by atoms with van der Waals surface area (Å²) in [5, 5.41) is 5.31. The van der Waals surface area contributed by atoms with E-state index in [4.69, 9.17) is 30.8 Å². The first-order chi connectivity index (χ1) is 22.4. The predicted molar refractivity (Wildman–Crippen MR) is 170 cm³/mol. The van der Waals surface area contributed by atoms with E-state index in [1.807, 2.05) is 13.0 Å². The van der Waals surface area contributed by atoms with Crippen molar-refractivity contribution in [1.82, 2.24) is 25.2 Å². The molecule has 7 heterocycles. The number of nitrogens with zero attached hydrogens (tertiary/aromatic N) is 5. The largest absolute Gasteiger partial charge is 0.472 e. The summed E-state index contributed by atoms with van der Waals surface area (Å²) in [5.41, 5.74) is 0.558. The molecule has 7 atom stereocenters. The first-order valence-electron chi connectivity index (χ1n) is 16.6. The maximum atomic E-state index is 17.1. The Hall–Kier alpha value is -4.07. The van der Waals surface area contributed by atoms with Gasteiger partial charge in [-0.1, -0.05) is 30.2 Å². The summed E-state index contributed by atoms with van der Waals surface area (Å²) < 4.78 is 45.2. The molecule has 2 bridgehead atoms. The lowest BCUT2D eigenvalue weighted by atomic mass is 9.92. The molecule has 8 nitrogen and oxygen atoms in total. The number of terminal acetylenes is 1. The van der Waals surface area contributed by atoms with Gasteiger partial charge in [0.1, 0.15) is 40.9 Å². The SMILES string of the molecule is C#Cc1c(F)ccc2cccc(-c3nc4c5c(nc(OC[C@@]67CCCN6C[C@@H]6C[C@@H]67)nc5c3F)N3C[C@H]5CC[C@H](N5)[C@H]3[C@H](C)O4)c12. The van der Waals surface area contributed by atoms with Gasteiger partial charge < -0.3 is 19.7 Å². The summed E-state index contributed by atoms with van der Waals surface area (Å²) in [5.74, 6) is 3.57. The second-order valence-corrected chi connectivity index (χ2v) is 14.2. The van der Waals surface area contributed by atoms with Gasteiger partial charge in [-0.25, -0.2) is 13.8 Å². The van der Waals surface area contributed by atoms with Gasteiger partial charge in [-0.2, -0.15) is 9.97 Å². The Morgan fingerprint density at radius 3 is 2.93 bits per heavy atom. The maximum Gasteiger partial charge on any atom is 0.319 e. The average molecular weight is 621 g/mol. The standard InChI is InChI=1S/C36H34F2N6O2/c1-3-22-25(37)10-8-19-6-4-7-23(27(19)22)30-29(38)31-28-33(44-16-21-9-11-26(39-21)32(44)18(2)46-34(28)40-30)42-35(41-31)45-17-36-12-5-13-43(36)15-20-14-24(20)36/h1,4,6-8,10,18,20-21,24,26,32,39H,5,9,11-17H2,2H3/t18-,20-,21+,24-,26-,32+,36+/m0/s1. The minimum atomic E-state index is -0.636. The Balaban J connectivity index is 1.18. The third-order valence-electron chi connectivity index (χ3n) is 11.8. The van der Waals surface area contributed by atoms with Crippen LogP contribution in [0.1, 0.15) is 44.6 Å². The molecule has 0 radical (unpaired) electrons. The van der Waals surface area contributed by atoms with Crippen LogP contribution in [0.4, 0.5) is 14.6 Å². The van der Waals surface area contributed by atoms with E-state index < -0.39 is 11.6 Å². The molecule has 2 aromatic heterocycles. The number of fused-ring (bicyclic) bond motifs is 9. The molecule has 0 amide bonds. The summed E-state index contributed by atoms with van der Waals surface area (Å²) in [4.78, 5) is 19.5. The van der Waals surface area contributed by atoms with Gasteiger partial charge in [-0.15, -0.1) is 6.42 Å². The van der Waals surface area contributed by atoms with Crippen LogP contribution in [0.25, 0.3) is 32.9 Å². The van der Waals surface area contributed by atoms with E-state index in [1.165, 1.54) is 12.5 Å². The van der Waals surface area contributed by atoms with Crippen LogP contribution in [-0.2, 0) is 0 Å². The quantitative estimate of drug-likeness (QED) is 0.318. The fraction of sp³-hybridized carbons (Fsp3) is 0.472. The minimum absolute atomic E-state index is 0.00898. The number of halogens is 2. The number of pyridine rings is 1. The molecule has 6 aliphatic rings. The number of hydrogen-bond donors (Lipinski definition) is 1. The lowest BCUT2D eigenvalue weighted by molar-refractivity contribution is 0.0829. The van der Waals surface area contributed by atoms with Crippen LogP contribution in [0.3, 0.4) is 0 Å². The Labute approximate surface area is 265 Å². The monoisotopic (exact) mass is 620 g/mol.